The summed E-state index contributed by atoms with van der Waals surface area (Å²) in [5.74, 6) is -0.491. The van der Waals surface area contributed by atoms with Gasteiger partial charge in [0.05, 0.1) is 27.2 Å². The summed E-state index contributed by atoms with van der Waals surface area (Å²) in [6.45, 7) is 0. The first kappa shape index (κ1) is 16.0. The lowest BCUT2D eigenvalue weighted by molar-refractivity contribution is -0.113. The number of nitrogen functional groups attached to an aromatic ring is 1. The van der Waals surface area contributed by atoms with Crippen LogP contribution >= 0.6 is 27.5 Å². The summed E-state index contributed by atoms with van der Waals surface area (Å²) in [6.07, 6.45) is 0. The van der Waals surface area contributed by atoms with Crippen molar-refractivity contribution >= 4 is 55.6 Å². The van der Waals surface area contributed by atoms with Crippen LogP contribution in [-0.2, 0) is 15.6 Å². The van der Waals surface area contributed by atoms with Crippen LogP contribution in [0.4, 0.5) is 11.4 Å². The largest absolute Gasteiger partial charge is 0.398 e. The summed E-state index contributed by atoms with van der Waals surface area (Å²) >= 11 is 9.21. The highest BCUT2D eigenvalue weighted by atomic mass is 79.9. The Kier molecular flexibility index (Phi) is 5.39. The zero-order chi connectivity index (χ0) is 15.4. The molecule has 1 amide bonds. The second-order valence-corrected chi connectivity index (χ2v) is 6.91. The van der Waals surface area contributed by atoms with E-state index in [9.17, 15) is 9.00 Å². The normalized spacial score (nSPS) is 11.9. The van der Waals surface area contributed by atoms with E-state index in [1.54, 1.807) is 24.3 Å². The molecule has 21 heavy (non-hydrogen) atoms. The molecule has 0 saturated heterocycles. The van der Waals surface area contributed by atoms with Gasteiger partial charge in [-0.2, -0.15) is 0 Å². The fraction of sp³-hybridized carbons (Fsp3) is 0.0714. The molecule has 7 heteroatoms. The number of carbonyl (C=O) groups excluding carboxylic acids is 1. The number of hydrogen-bond donors (Lipinski definition) is 2. The molecular weight excluding hydrogens is 376 g/mol. The summed E-state index contributed by atoms with van der Waals surface area (Å²) in [4.78, 5) is 12.4. The molecule has 0 saturated carbocycles. The Hall–Kier alpha value is -1.37. The van der Waals surface area contributed by atoms with Crippen LogP contribution in [0.2, 0.25) is 5.02 Å². The number of carbonyl (C=O) groups is 1. The van der Waals surface area contributed by atoms with Crippen LogP contribution in [0.1, 0.15) is 0 Å². The van der Waals surface area contributed by atoms with E-state index in [2.05, 4.69) is 21.2 Å². The Morgan fingerprint density at radius 3 is 2.67 bits per heavy atom. The number of benzene rings is 2. The van der Waals surface area contributed by atoms with Crippen LogP contribution < -0.4 is 11.1 Å². The molecule has 0 spiro atoms. The van der Waals surface area contributed by atoms with Gasteiger partial charge < -0.3 is 11.1 Å². The molecule has 4 nitrogen and oxygen atoms in total. The summed E-state index contributed by atoms with van der Waals surface area (Å²) < 4.78 is 12.9. The summed E-state index contributed by atoms with van der Waals surface area (Å²) in [5, 5.41) is 3.03. The van der Waals surface area contributed by atoms with E-state index < -0.39 is 10.8 Å². The van der Waals surface area contributed by atoms with Gasteiger partial charge in [0.25, 0.3) is 0 Å². The zero-order valence-corrected chi connectivity index (χ0v) is 14.0. The predicted molar refractivity (Wildman–Crippen MR) is 89.9 cm³/mol. The zero-order valence-electron chi connectivity index (χ0n) is 10.8. The third kappa shape index (κ3) is 4.30. The Balaban J connectivity index is 2.04. The summed E-state index contributed by atoms with van der Waals surface area (Å²) in [7, 11) is -1.48. The van der Waals surface area contributed by atoms with Gasteiger partial charge in [-0.3, -0.25) is 9.00 Å². The molecular formula is C14H12BrClN2O2S. The molecule has 3 N–H and O–H groups in total. The molecule has 0 aliphatic heterocycles. The van der Waals surface area contributed by atoms with Crippen molar-refractivity contribution in [2.24, 2.45) is 0 Å². The van der Waals surface area contributed by atoms with E-state index in [0.717, 1.165) is 4.47 Å². The van der Waals surface area contributed by atoms with Crippen LogP contribution in [-0.4, -0.2) is 15.9 Å². The number of para-hydroxylation sites is 1. The molecule has 1 atom stereocenters. The number of amides is 1. The second kappa shape index (κ2) is 7.06. The van der Waals surface area contributed by atoms with E-state index in [1.807, 2.05) is 12.1 Å². The van der Waals surface area contributed by atoms with Gasteiger partial charge in [0.2, 0.25) is 5.91 Å². The lowest BCUT2D eigenvalue weighted by atomic mass is 10.3. The van der Waals surface area contributed by atoms with Crippen molar-refractivity contribution in [3.05, 3.63) is 52.0 Å². The maximum Gasteiger partial charge on any atom is 0.237 e. The second-order valence-electron chi connectivity index (χ2n) is 4.20. The number of nitrogens with one attached hydrogen (secondary N) is 1. The minimum absolute atomic E-state index is 0.151. The van der Waals surface area contributed by atoms with Gasteiger partial charge in [0.1, 0.15) is 5.75 Å². The molecule has 0 aromatic heterocycles. The lowest BCUT2D eigenvalue weighted by Gasteiger charge is -2.07. The van der Waals surface area contributed by atoms with Crippen molar-refractivity contribution in [2.75, 3.05) is 16.8 Å². The standard InChI is InChI=1S/C14H12BrClN2O2S/c15-10-3-1-2-4-13(10)18-14(19)8-21(20)9-5-6-12(17)11(16)7-9/h1-7H,8,17H2,(H,18,19). The molecule has 0 fully saturated rings. The van der Waals surface area contributed by atoms with Gasteiger partial charge in [-0.25, -0.2) is 0 Å². The van der Waals surface area contributed by atoms with Gasteiger partial charge in [-0.15, -0.1) is 0 Å². The average Bonchev–Trinajstić information content (AvgIpc) is 2.44. The Morgan fingerprint density at radius 1 is 1.29 bits per heavy atom. The highest BCUT2D eigenvalue weighted by Crippen LogP contribution is 2.23. The predicted octanol–water partition coefficient (Wildman–Crippen LogP) is 3.43. The number of anilines is 2. The molecule has 2 rings (SSSR count). The van der Waals surface area contributed by atoms with Crippen molar-refractivity contribution in [1.82, 2.24) is 0 Å². The summed E-state index contributed by atoms with van der Waals surface area (Å²) in [6, 6.07) is 11.9. The Bertz CT molecular complexity index is 709. The number of nitrogens with two attached hydrogens (primary N) is 1. The molecule has 110 valence electrons. The molecule has 0 aliphatic carbocycles. The average molecular weight is 388 g/mol. The van der Waals surface area contributed by atoms with Gasteiger partial charge in [0.15, 0.2) is 0 Å². The maximum absolute atomic E-state index is 12.1. The first-order valence-electron chi connectivity index (χ1n) is 5.95. The first-order chi connectivity index (χ1) is 9.97. The van der Waals surface area contributed by atoms with Crippen molar-refractivity contribution < 1.29 is 9.00 Å². The fourth-order valence-electron chi connectivity index (χ4n) is 1.60. The molecule has 1 unspecified atom stereocenters. The third-order valence-electron chi connectivity index (χ3n) is 2.64. The SMILES string of the molecule is Nc1ccc(S(=O)CC(=O)Nc2ccccc2Br)cc1Cl. The number of hydrogen-bond acceptors (Lipinski definition) is 3. The molecule has 0 heterocycles. The van der Waals surface area contributed by atoms with Gasteiger partial charge in [-0.05, 0) is 46.3 Å². The Morgan fingerprint density at radius 2 is 2.00 bits per heavy atom. The highest BCUT2D eigenvalue weighted by Gasteiger charge is 2.12. The maximum atomic E-state index is 12.1. The quantitative estimate of drug-likeness (QED) is 0.789. The van der Waals surface area contributed by atoms with Crippen molar-refractivity contribution in [2.45, 2.75) is 4.90 Å². The molecule has 0 aliphatic rings. The van der Waals surface area contributed by atoms with E-state index in [4.69, 9.17) is 17.3 Å². The Labute approximate surface area is 138 Å². The van der Waals surface area contributed by atoms with Crippen LogP contribution in [0.25, 0.3) is 0 Å². The lowest BCUT2D eigenvalue weighted by Crippen LogP contribution is -2.19. The van der Waals surface area contributed by atoms with Crippen LogP contribution in [0.5, 0.6) is 0 Å². The fourth-order valence-corrected chi connectivity index (χ4v) is 3.18. The number of halogens is 2. The molecule has 2 aromatic carbocycles. The number of rotatable bonds is 4. The van der Waals surface area contributed by atoms with Gasteiger partial charge in [-0.1, -0.05) is 23.7 Å². The van der Waals surface area contributed by atoms with E-state index in [0.29, 0.717) is 21.3 Å². The van der Waals surface area contributed by atoms with E-state index >= 15 is 0 Å². The molecule has 2 aromatic rings. The third-order valence-corrected chi connectivity index (χ3v) is 4.97. The van der Waals surface area contributed by atoms with Gasteiger partial charge in [0, 0.05) is 9.37 Å². The van der Waals surface area contributed by atoms with E-state index in [-0.39, 0.29) is 11.7 Å². The van der Waals surface area contributed by atoms with Crippen LogP contribution in [0, 0.1) is 0 Å². The minimum atomic E-state index is -1.48. The van der Waals surface area contributed by atoms with Crippen LogP contribution in [0.15, 0.2) is 51.8 Å². The molecule has 0 bridgehead atoms. The highest BCUT2D eigenvalue weighted by molar-refractivity contribution is 9.10. The van der Waals surface area contributed by atoms with Crippen LogP contribution in [0.3, 0.4) is 0 Å². The van der Waals surface area contributed by atoms with Crippen molar-refractivity contribution in [3.8, 4) is 0 Å². The van der Waals surface area contributed by atoms with Gasteiger partial charge >= 0.3 is 0 Å². The smallest absolute Gasteiger partial charge is 0.237 e. The topological polar surface area (TPSA) is 72.2 Å². The van der Waals surface area contributed by atoms with E-state index in [1.165, 1.54) is 6.07 Å². The monoisotopic (exact) mass is 386 g/mol. The summed E-state index contributed by atoms with van der Waals surface area (Å²) in [5.41, 5.74) is 6.64. The van der Waals surface area contributed by atoms with Crippen molar-refractivity contribution in [1.29, 1.82) is 0 Å². The van der Waals surface area contributed by atoms with Crippen molar-refractivity contribution in [3.63, 3.8) is 0 Å². The molecule has 0 radical (unpaired) electrons. The first-order valence-corrected chi connectivity index (χ1v) is 8.44. The minimum Gasteiger partial charge on any atom is -0.398 e.